The summed E-state index contributed by atoms with van der Waals surface area (Å²) in [7, 11) is 1.61. The van der Waals surface area contributed by atoms with E-state index in [-0.39, 0.29) is 54.0 Å². The van der Waals surface area contributed by atoms with Crippen molar-refractivity contribution in [2.45, 2.75) is 110 Å². The Labute approximate surface area is 297 Å². The molecule has 50 heavy (non-hydrogen) atoms. The van der Waals surface area contributed by atoms with Crippen LogP contribution in [0.15, 0.2) is 11.6 Å². The van der Waals surface area contributed by atoms with Crippen LogP contribution in [0.2, 0.25) is 0 Å². The van der Waals surface area contributed by atoms with Gasteiger partial charge in [-0.3, -0.25) is 19.2 Å². The van der Waals surface area contributed by atoms with Crippen LogP contribution in [0.4, 0.5) is 0 Å². The summed E-state index contributed by atoms with van der Waals surface area (Å²) < 4.78 is 27.0. The Morgan fingerprint density at radius 2 is 1.62 bits per heavy atom. The van der Waals surface area contributed by atoms with Crippen molar-refractivity contribution in [1.29, 1.82) is 0 Å². The van der Waals surface area contributed by atoms with Gasteiger partial charge in [0.05, 0.1) is 39.1 Å². The maximum Gasteiger partial charge on any atom is 0.332 e. The van der Waals surface area contributed by atoms with Crippen LogP contribution >= 0.6 is 0 Å². The third-order valence-corrected chi connectivity index (χ3v) is 11.9. The van der Waals surface area contributed by atoms with Gasteiger partial charge in [0.15, 0.2) is 11.6 Å². The predicted molar refractivity (Wildman–Crippen MR) is 185 cm³/mol. The first-order valence-electron chi connectivity index (χ1n) is 18.7. The molecule has 3 saturated carbocycles. The van der Waals surface area contributed by atoms with E-state index in [0.717, 1.165) is 44.9 Å². The molecule has 12 nitrogen and oxygen atoms in total. The van der Waals surface area contributed by atoms with E-state index in [4.69, 9.17) is 23.7 Å². The summed E-state index contributed by atoms with van der Waals surface area (Å²) in [5.41, 5.74) is 1.38. The number of rotatable bonds is 21. The van der Waals surface area contributed by atoms with Gasteiger partial charge >= 0.3 is 5.97 Å². The van der Waals surface area contributed by atoms with Crippen LogP contribution in [-0.4, -0.2) is 101 Å². The highest BCUT2D eigenvalue weighted by Crippen LogP contribution is 2.65. The van der Waals surface area contributed by atoms with E-state index in [1.54, 1.807) is 7.11 Å². The number of carbonyl (C=O) groups excluding carboxylic acids is 5. The number of hydrogen-bond donors (Lipinski definition) is 2. The van der Waals surface area contributed by atoms with Gasteiger partial charge in [-0.15, -0.1) is 0 Å². The number of esters is 1. The molecule has 2 amide bonds. The Balaban J connectivity index is 1.09. The van der Waals surface area contributed by atoms with Crippen LogP contribution < -0.4 is 10.6 Å². The van der Waals surface area contributed by atoms with E-state index in [9.17, 15) is 24.0 Å². The molecule has 3 fully saturated rings. The monoisotopic (exact) mass is 704 g/mol. The summed E-state index contributed by atoms with van der Waals surface area (Å²) >= 11 is 0. The first-order chi connectivity index (χ1) is 24.0. The molecule has 2 N–H and O–H groups in total. The first-order valence-corrected chi connectivity index (χ1v) is 18.7. The van der Waals surface area contributed by atoms with Gasteiger partial charge in [-0.25, -0.2) is 4.79 Å². The van der Waals surface area contributed by atoms with Gasteiger partial charge in [0.1, 0.15) is 19.3 Å². The molecular formula is C38H60N2O10. The fourth-order valence-electron chi connectivity index (χ4n) is 9.16. The molecule has 0 saturated heterocycles. The first kappa shape index (κ1) is 40.1. The second-order valence-corrected chi connectivity index (χ2v) is 15.1. The number of fused-ring (bicyclic) bond motifs is 5. The second-order valence-electron chi connectivity index (χ2n) is 15.1. The quantitative estimate of drug-likeness (QED) is 0.133. The van der Waals surface area contributed by atoms with Crippen molar-refractivity contribution in [3.05, 3.63) is 11.6 Å². The third-order valence-electron chi connectivity index (χ3n) is 11.9. The minimum Gasteiger partial charge on any atom is -0.460 e. The molecule has 0 aromatic rings. The molecule has 0 aliphatic heterocycles. The Hall–Kier alpha value is -2.67. The highest BCUT2D eigenvalue weighted by atomic mass is 16.6. The number of nitrogens with one attached hydrogen (secondary N) is 2. The lowest BCUT2D eigenvalue weighted by Gasteiger charge is -2.57. The van der Waals surface area contributed by atoms with Gasteiger partial charge in [-0.1, -0.05) is 19.4 Å². The molecule has 7 unspecified atom stereocenters. The van der Waals surface area contributed by atoms with Crippen molar-refractivity contribution in [2.24, 2.45) is 28.6 Å². The van der Waals surface area contributed by atoms with Crippen LogP contribution in [0.1, 0.15) is 97.8 Å². The van der Waals surface area contributed by atoms with Crippen LogP contribution in [0.5, 0.6) is 0 Å². The van der Waals surface area contributed by atoms with E-state index in [0.29, 0.717) is 83.0 Å². The van der Waals surface area contributed by atoms with Crippen molar-refractivity contribution in [3.8, 4) is 0 Å². The molecular weight excluding hydrogens is 644 g/mol. The third kappa shape index (κ3) is 10.7. The SMILES string of the molecule is COCCOCCOCCC(=O)NCCCCC(NC(=O)COCC(=O)OC1CCC2C3CCC4=CC(=O)CCC4(C)C3CCC12C)C(C)=O. The summed E-state index contributed by atoms with van der Waals surface area (Å²) in [5.74, 6) is 0.695. The smallest absolute Gasteiger partial charge is 0.332 e. The van der Waals surface area contributed by atoms with Crippen molar-refractivity contribution in [1.82, 2.24) is 10.6 Å². The molecule has 0 bridgehead atoms. The molecule has 0 spiro atoms. The van der Waals surface area contributed by atoms with Crippen LogP contribution in [-0.2, 0) is 47.7 Å². The summed E-state index contributed by atoms with van der Waals surface area (Å²) in [6, 6.07) is -0.665. The number of amides is 2. The molecule has 12 heteroatoms. The predicted octanol–water partition coefficient (Wildman–Crippen LogP) is 3.88. The lowest BCUT2D eigenvalue weighted by atomic mass is 9.47. The van der Waals surface area contributed by atoms with E-state index < -0.39 is 17.9 Å². The fourth-order valence-corrected chi connectivity index (χ4v) is 9.16. The Morgan fingerprint density at radius 1 is 0.860 bits per heavy atom. The molecule has 0 aromatic carbocycles. The van der Waals surface area contributed by atoms with Crippen LogP contribution in [0.3, 0.4) is 0 Å². The van der Waals surface area contributed by atoms with Crippen LogP contribution in [0, 0.1) is 28.6 Å². The number of methoxy groups -OCH3 is 1. The number of Topliss-reactive ketones (excluding diaryl/α,β-unsaturated/α-hetero) is 1. The highest BCUT2D eigenvalue weighted by Gasteiger charge is 2.60. The average Bonchev–Trinajstić information content (AvgIpc) is 3.41. The zero-order chi connectivity index (χ0) is 36.1. The molecule has 282 valence electrons. The number of allylic oxidation sites excluding steroid dienone is 1. The van der Waals surface area contributed by atoms with Gasteiger partial charge in [0, 0.05) is 31.9 Å². The highest BCUT2D eigenvalue weighted by molar-refractivity contribution is 5.91. The second kappa shape index (κ2) is 19.2. The Morgan fingerprint density at radius 3 is 2.38 bits per heavy atom. The van der Waals surface area contributed by atoms with Gasteiger partial charge in [0.25, 0.3) is 0 Å². The number of carbonyl (C=O) groups is 5. The van der Waals surface area contributed by atoms with Gasteiger partial charge in [0.2, 0.25) is 11.8 Å². The fraction of sp³-hybridized carbons (Fsp3) is 0.816. The van der Waals surface area contributed by atoms with Crippen molar-refractivity contribution in [2.75, 3.05) is 59.9 Å². The van der Waals surface area contributed by atoms with E-state index in [1.807, 2.05) is 6.08 Å². The normalized spacial score (nSPS) is 29.2. The molecule has 4 rings (SSSR count). The zero-order valence-corrected chi connectivity index (χ0v) is 30.7. The van der Waals surface area contributed by atoms with Crippen molar-refractivity contribution in [3.63, 3.8) is 0 Å². The summed E-state index contributed by atoms with van der Waals surface area (Å²) in [6.45, 7) is 8.08. The topological polar surface area (TPSA) is 156 Å². The van der Waals surface area contributed by atoms with E-state index in [2.05, 4.69) is 24.5 Å². The molecule has 0 aromatic heterocycles. The Bertz CT molecular complexity index is 1220. The van der Waals surface area contributed by atoms with E-state index in [1.165, 1.54) is 12.5 Å². The summed E-state index contributed by atoms with van der Waals surface area (Å²) in [4.78, 5) is 61.7. The standard InChI is InChI=1S/C38H60N2O10/c1-26(41)32(7-5-6-17-39-34(43)14-18-47-21-22-48-20-19-46-4)40-35(44)24-49-25-36(45)50-33-11-10-30-29-9-8-27-23-28(42)12-15-37(27,2)31(29)13-16-38(30,33)3/h23,29-33H,5-22,24-25H2,1-4H3,(H,39,43)(H,40,44). The number of hydrogen-bond acceptors (Lipinski definition) is 10. The van der Waals surface area contributed by atoms with Gasteiger partial charge in [-0.2, -0.15) is 0 Å². The van der Waals surface area contributed by atoms with Crippen molar-refractivity contribution < 1.29 is 47.7 Å². The van der Waals surface area contributed by atoms with E-state index >= 15 is 0 Å². The average molecular weight is 705 g/mol. The summed E-state index contributed by atoms with van der Waals surface area (Å²) in [5, 5.41) is 5.54. The lowest BCUT2D eigenvalue weighted by Crippen LogP contribution is -2.51. The Kier molecular flexibility index (Phi) is 15.4. The summed E-state index contributed by atoms with van der Waals surface area (Å²) in [6.07, 6.45) is 11.4. The largest absolute Gasteiger partial charge is 0.460 e. The number of ether oxygens (including phenoxy) is 5. The molecule has 0 radical (unpaired) electrons. The molecule has 7 atom stereocenters. The van der Waals surface area contributed by atoms with Gasteiger partial charge < -0.3 is 34.3 Å². The molecule has 4 aliphatic carbocycles. The zero-order valence-electron chi connectivity index (χ0n) is 30.7. The minimum atomic E-state index is -0.665. The maximum atomic E-state index is 12.8. The molecule has 4 aliphatic rings. The number of ketones is 2. The van der Waals surface area contributed by atoms with Crippen molar-refractivity contribution >= 4 is 29.4 Å². The number of unbranched alkanes of at least 4 members (excludes halogenated alkanes) is 1. The maximum absolute atomic E-state index is 12.8. The van der Waals surface area contributed by atoms with Crippen LogP contribution in [0.25, 0.3) is 0 Å². The molecule has 0 heterocycles. The lowest BCUT2D eigenvalue weighted by molar-refractivity contribution is -0.165. The van der Waals surface area contributed by atoms with Gasteiger partial charge in [-0.05, 0) is 100 Å². The minimum absolute atomic E-state index is 0.0813.